The summed E-state index contributed by atoms with van der Waals surface area (Å²) in [6.07, 6.45) is 9.80. The summed E-state index contributed by atoms with van der Waals surface area (Å²) in [4.78, 5) is 22.2. The number of ether oxygens (including phenoxy) is 1. The quantitative estimate of drug-likeness (QED) is 0.865. The Morgan fingerprint density at radius 2 is 2.04 bits per heavy atom. The molecule has 1 aromatic rings. The van der Waals surface area contributed by atoms with Gasteiger partial charge >= 0.3 is 6.09 Å². The maximum atomic E-state index is 11.7. The molecule has 1 N–H and O–H groups in total. The minimum atomic E-state index is -0.205. The predicted molar refractivity (Wildman–Crippen MR) is 88.4 cm³/mol. The predicted octanol–water partition coefficient (Wildman–Crippen LogP) is 2.94. The molecule has 3 rings (SSSR count). The number of anilines is 1. The number of rotatable bonds is 4. The minimum absolute atomic E-state index is 0.205. The maximum Gasteiger partial charge on any atom is 0.409 e. The van der Waals surface area contributed by atoms with Crippen molar-refractivity contribution in [3.8, 4) is 0 Å². The SMILES string of the molecule is CCOC(=O)N1CCC(Nc2cc(C3CC=CC3)ncn2)CC1. The van der Waals surface area contributed by atoms with Gasteiger partial charge in [-0.1, -0.05) is 12.2 Å². The van der Waals surface area contributed by atoms with Crippen LogP contribution in [-0.4, -0.2) is 46.7 Å². The van der Waals surface area contributed by atoms with Crippen molar-refractivity contribution in [2.24, 2.45) is 0 Å². The Kier molecular flexibility index (Phi) is 5.10. The molecule has 1 fully saturated rings. The standard InChI is InChI=1S/C17H24N4O2/c1-2-23-17(22)21-9-7-14(8-10-21)20-16-11-15(18-12-19-16)13-5-3-4-6-13/h3-4,11-14H,2,5-10H2,1H3,(H,18,19,20). The Morgan fingerprint density at radius 3 is 2.74 bits per heavy atom. The molecule has 6 nitrogen and oxygen atoms in total. The number of hydrogen-bond donors (Lipinski definition) is 1. The topological polar surface area (TPSA) is 67.3 Å². The summed E-state index contributed by atoms with van der Waals surface area (Å²) in [5.74, 6) is 1.38. The van der Waals surface area contributed by atoms with Gasteiger partial charge in [0.25, 0.3) is 0 Å². The molecule has 0 bridgehead atoms. The molecule has 0 radical (unpaired) electrons. The number of carbonyl (C=O) groups excluding carboxylic acids is 1. The highest BCUT2D eigenvalue weighted by atomic mass is 16.6. The molecule has 1 aromatic heterocycles. The minimum Gasteiger partial charge on any atom is -0.450 e. The lowest BCUT2D eigenvalue weighted by molar-refractivity contribution is 0.0983. The van der Waals surface area contributed by atoms with E-state index in [0.717, 1.165) is 50.3 Å². The van der Waals surface area contributed by atoms with Gasteiger partial charge in [-0.25, -0.2) is 14.8 Å². The van der Waals surface area contributed by atoms with E-state index in [1.807, 2.05) is 6.92 Å². The molecule has 1 amide bonds. The Hall–Kier alpha value is -2.11. The summed E-state index contributed by atoms with van der Waals surface area (Å²) in [5, 5.41) is 3.49. The fourth-order valence-corrected chi connectivity index (χ4v) is 3.16. The molecule has 2 aliphatic rings. The van der Waals surface area contributed by atoms with Crippen LogP contribution in [0.1, 0.15) is 44.2 Å². The van der Waals surface area contributed by atoms with E-state index in [-0.39, 0.29) is 6.09 Å². The van der Waals surface area contributed by atoms with E-state index in [9.17, 15) is 4.79 Å². The number of amides is 1. The van der Waals surface area contributed by atoms with Crippen molar-refractivity contribution in [1.82, 2.24) is 14.9 Å². The Balaban J connectivity index is 1.52. The van der Waals surface area contributed by atoms with Crippen LogP contribution in [0.15, 0.2) is 24.5 Å². The fraction of sp³-hybridized carbons (Fsp3) is 0.588. The smallest absolute Gasteiger partial charge is 0.409 e. The zero-order chi connectivity index (χ0) is 16.1. The second-order valence-electron chi connectivity index (χ2n) is 6.07. The van der Waals surface area contributed by atoms with Gasteiger partial charge < -0.3 is 15.0 Å². The number of carbonyl (C=O) groups is 1. The number of hydrogen-bond acceptors (Lipinski definition) is 5. The lowest BCUT2D eigenvalue weighted by Crippen LogP contribution is -2.42. The van der Waals surface area contributed by atoms with Gasteiger partial charge in [0, 0.05) is 36.8 Å². The highest BCUT2D eigenvalue weighted by Gasteiger charge is 2.24. The highest BCUT2D eigenvalue weighted by Crippen LogP contribution is 2.28. The third-order valence-electron chi connectivity index (χ3n) is 4.49. The van der Waals surface area contributed by atoms with Crippen LogP contribution in [0.3, 0.4) is 0 Å². The highest BCUT2D eigenvalue weighted by molar-refractivity contribution is 5.67. The number of likely N-dealkylation sites (tertiary alicyclic amines) is 1. The summed E-state index contributed by atoms with van der Waals surface area (Å²) in [5.41, 5.74) is 1.11. The van der Waals surface area contributed by atoms with Gasteiger partial charge in [-0.05, 0) is 32.6 Å². The van der Waals surface area contributed by atoms with Gasteiger partial charge in [0.05, 0.1) is 6.61 Å². The molecule has 124 valence electrons. The molecule has 0 spiro atoms. The molecule has 1 aliphatic carbocycles. The van der Waals surface area contributed by atoms with Gasteiger partial charge in [0.1, 0.15) is 12.1 Å². The lowest BCUT2D eigenvalue weighted by Gasteiger charge is -2.31. The number of piperidine rings is 1. The van der Waals surface area contributed by atoms with Crippen LogP contribution >= 0.6 is 0 Å². The van der Waals surface area contributed by atoms with Crippen LogP contribution in [0.25, 0.3) is 0 Å². The Bertz CT molecular complexity index is 559. The lowest BCUT2D eigenvalue weighted by atomic mass is 10.0. The molecule has 23 heavy (non-hydrogen) atoms. The van der Waals surface area contributed by atoms with Crippen LogP contribution in [0.5, 0.6) is 0 Å². The molecule has 0 unspecified atom stereocenters. The fourth-order valence-electron chi connectivity index (χ4n) is 3.16. The summed E-state index contributed by atoms with van der Waals surface area (Å²) in [6, 6.07) is 2.40. The molecular formula is C17H24N4O2. The van der Waals surface area contributed by atoms with Gasteiger partial charge in [0.15, 0.2) is 0 Å². The van der Waals surface area contributed by atoms with Gasteiger partial charge in [0.2, 0.25) is 0 Å². The van der Waals surface area contributed by atoms with E-state index in [2.05, 4.69) is 33.5 Å². The second-order valence-corrected chi connectivity index (χ2v) is 6.07. The monoisotopic (exact) mass is 316 g/mol. The van der Waals surface area contributed by atoms with Crippen molar-refractivity contribution >= 4 is 11.9 Å². The van der Waals surface area contributed by atoms with E-state index < -0.39 is 0 Å². The number of nitrogens with one attached hydrogen (secondary N) is 1. The maximum absolute atomic E-state index is 11.7. The average Bonchev–Trinajstić information content (AvgIpc) is 3.11. The van der Waals surface area contributed by atoms with E-state index >= 15 is 0 Å². The first-order valence-corrected chi connectivity index (χ1v) is 8.41. The molecule has 0 atom stereocenters. The molecule has 0 saturated carbocycles. The zero-order valence-corrected chi connectivity index (χ0v) is 13.6. The van der Waals surface area contributed by atoms with Crippen LogP contribution in [0.4, 0.5) is 10.6 Å². The summed E-state index contributed by atoms with van der Waals surface area (Å²) < 4.78 is 5.05. The summed E-state index contributed by atoms with van der Waals surface area (Å²) >= 11 is 0. The van der Waals surface area contributed by atoms with E-state index in [1.54, 1.807) is 11.2 Å². The molecule has 1 aliphatic heterocycles. The van der Waals surface area contributed by atoms with E-state index in [1.165, 1.54) is 0 Å². The average molecular weight is 316 g/mol. The van der Waals surface area contributed by atoms with Crippen LogP contribution in [-0.2, 0) is 4.74 Å². The van der Waals surface area contributed by atoms with E-state index in [4.69, 9.17) is 4.74 Å². The Morgan fingerprint density at radius 1 is 1.30 bits per heavy atom. The zero-order valence-electron chi connectivity index (χ0n) is 13.6. The normalized spacial score (nSPS) is 19.1. The molecule has 6 heteroatoms. The number of nitrogens with zero attached hydrogens (tertiary/aromatic N) is 3. The van der Waals surface area contributed by atoms with Gasteiger partial charge in [-0.15, -0.1) is 0 Å². The third kappa shape index (κ3) is 4.00. The van der Waals surface area contributed by atoms with Crippen LogP contribution < -0.4 is 5.32 Å². The first-order chi connectivity index (χ1) is 11.3. The van der Waals surface area contributed by atoms with Crippen molar-refractivity contribution < 1.29 is 9.53 Å². The van der Waals surface area contributed by atoms with Crippen molar-refractivity contribution in [2.45, 2.75) is 44.6 Å². The van der Waals surface area contributed by atoms with Gasteiger partial charge in [-0.2, -0.15) is 0 Å². The van der Waals surface area contributed by atoms with Crippen LogP contribution in [0.2, 0.25) is 0 Å². The van der Waals surface area contributed by atoms with Crippen molar-refractivity contribution in [2.75, 3.05) is 25.0 Å². The first-order valence-electron chi connectivity index (χ1n) is 8.41. The molecule has 2 heterocycles. The number of allylic oxidation sites excluding steroid dienone is 2. The number of aromatic nitrogens is 2. The summed E-state index contributed by atoms with van der Waals surface area (Å²) in [7, 11) is 0. The van der Waals surface area contributed by atoms with Crippen molar-refractivity contribution in [1.29, 1.82) is 0 Å². The molecule has 1 saturated heterocycles. The van der Waals surface area contributed by atoms with E-state index in [0.29, 0.717) is 18.6 Å². The summed E-state index contributed by atoms with van der Waals surface area (Å²) in [6.45, 7) is 3.71. The molecular weight excluding hydrogens is 292 g/mol. The van der Waals surface area contributed by atoms with Crippen LogP contribution in [0, 0.1) is 0 Å². The third-order valence-corrected chi connectivity index (χ3v) is 4.49. The largest absolute Gasteiger partial charge is 0.450 e. The van der Waals surface area contributed by atoms with Gasteiger partial charge in [-0.3, -0.25) is 0 Å². The first kappa shape index (κ1) is 15.8. The van der Waals surface area contributed by atoms with Crippen molar-refractivity contribution in [3.05, 3.63) is 30.2 Å². The Labute approximate surface area is 136 Å². The second kappa shape index (κ2) is 7.44. The molecule has 0 aromatic carbocycles. The van der Waals surface area contributed by atoms with Crippen molar-refractivity contribution in [3.63, 3.8) is 0 Å².